The van der Waals surface area contributed by atoms with Gasteiger partial charge in [-0.3, -0.25) is 19.3 Å². The van der Waals surface area contributed by atoms with E-state index in [4.69, 9.17) is 9.47 Å². The number of nitrogens with one attached hydrogen (secondary N) is 2. The monoisotopic (exact) mass is 435 g/mol. The van der Waals surface area contributed by atoms with E-state index in [0.29, 0.717) is 39.1 Å². The van der Waals surface area contributed by atoms with E-state index in [0.717, 1.165) is 5.69 Å². The normalized spacial score (nSPS) is 12.3. The van der Waals surface area contributed by atoms with Gasteiger partial charge in [0.2, 0.25) is 12.7 Å². The van der Waals surface area contributed by atoms with Crippen molar-refractivity contribution in [2.24, 2.45) is 0 Å². The Morgan fingerprint density at radius 2 is 2.03 bits per heavy atom. The molecule has 156 valence electrons. The van der Waals surface area contributed by atoms with Gasteiger partial charge in [-0.1, -0.05) is 23.9 Å². The molecule has 4 aromatic rings. The largest absolute Gasteiger partial charge is 0.454 e. The van der Waals surface area contributed by atoms with Crippen LogP contribution in [0.1, 0.15) is 5.69 Å². The molecule has 10 heteroatoms. The number of H-pyrrole nitrogens is 1. The van der Waals surface area contributed by atoms with Crippen LogP contribution in [0, 0.1) is 6.92 Å². The number of nitrogens with zero attached hydrogens (tertiary/aromatic N) is 3. The number of hydrogen-bond donors (Lipinski definition) is 2. The molecular formula is C21H17N5O4S. The molecule has 0 aliphatic carbocycles. The highest BCUT2D eigenvalue weighted by Crippen LogP contribution is 2.34. The van der Waals surface area contributed by atoms with Crippen LogP contribution in [-0.4, -0.2) is 38.2 Å². The van der Waals surface area contributed by atoms with Crippen LogP contribution >= 0.6 is 11.8 Å². The molecule has 0 unspecified atom stereocenters. The fourth-order valence-electron chi connectivity index (χ4n) is 3.25. The summed E-state index contributed by atoms with van der Waals surface area (Å²) in [5.74, 6) is 1.42. The number of carbonyl (C=O) groups excluding carboxylic acids is 1. The lowest BCUT2D eigenvalue weighted by Crippen LogP contribution is -2.23. The first-order valence-corrected chi connectivity index (χ1v) is 10.4. The second kappa shape index (κ2) is 7.80. The molecule has 0 bridgehead atoms. The molecule has 0 saturated carbocycles. The number of aryl methyl sites for hydroxylation is 1. The zero-order chi connectivity index (χ0) is 21.4. The van der Waals surface area contributed by atoms with Crippen molar-refractivity contribution < 1.29 is 14.3 Å². The van der Waals surface area contributed by atoms with Gasteiger partial charge in [-0.05, 0) is 31.2 Å². The van der Waals surface area contributed by atoms with E-state index in [1.165, 1.54) is 16.3 Å². The topological polar surface area (TPSA) is 111 Å². The van der Waals surface area contributed by atoms with E-state index in [-0.39, 0.29) is 24.0 Å². The molecule has 2 aromatic heterocycles. The zero-order valence-electron chi connectivity index (χ0n) is 16.4. The van der Waals surface area contributed by atoms with Crippen LogP contribution in [0.4, 0.5) is 5.82 Å². The lowest BCUT2D eigenvalue weighted by molar-refractivity contribution is -0.113. The van der Waals surface area contributed by atoms with Gasteiger partial charge in [-0.15, -0.1) is 0 Å². The molecule has 5 rings (SSSR count). The van der Waals surface area contributed by atoms with Gasteiger partial charge in [0.15, 0.2) is 22.5 Å². The van der Waals surface area contributed by atoms with Crippen LogP contribution in [0.2, 0.25) is 0 Å². The molecule has 2 aromatic carbocycles. The number of benzene rings is 2. The minimum absolute atomic E-state index is 0.0568. The Bertz CT molecular complexity index is 1360. The first-order chi connectivity index (χ1) is 15.1. The minimum atomic E-state index is -0.254. The maximum Gasteiger partial charge on any atom is 0.266 e. The van der Waals surface area contributed by atoms with Gasteiger partial charge in [-0.25, -0.2) is 4.98 Å². The van der Waals surface area contributed by atoms with Gasteiger partial charge >= 0.3 is 0 Å². The number of hydrogen-bond acceptors (Lipinski definition) is 7. The fraction of sp³-hybridized carbons (Fsp3) is 0.143. The molecule has 0 fully saturated rings. The second-order valence-electron chi connectivity index (χ2n) is 6.86. The minimum Gasteiger partial charge on any atom is -0.454 e. The number of anilines is 1. The third-order valence-electron chi connectivity index (χ3n) is 4.67. The van der Waals surface area contributed by atoms with Gasteiger partial charge in [-0.2, -0.15) is 5.10 Å². The van der Waals surface area contributed by atoms with Crippen LogP contribution in [0.15, 0.2) is 58.5 Å². The van der Waals surface area contributed by atoms with E-state index in [1.54, 1.807) is 42.5 Å². The van der Waals surface area contributed by atoms with Crippen LogP contribution in [-0.2, 0) is 4.79 Å². The molecule has 0 radical (unpaired) electrons. The van der Waals surface area contributed by atoms with Crippen LogP contribution < -0.4 is 20.3 Å². The number of para-hydroxylation sites is 1. The summed E-state index contributed by atoms with van der Waals surface area (Å²) >= 11 is 1.17. The summed E-state index contributed by atoms with van der Waals surface area (Å²) in [6.07, 6.45) is 0. The lowest BCUT2D eigenvalue weighted by Gasteiger charge is -2.13. The SMILES string of the molecule is Cc1cc(NC(=O)CSc2nc3ccccc3c(=O)n2-c2ccc3c(c2)OCO3)n[nH]1. The number of fused-ring (bicyclic) bond motifs is 2. The molecule has 0 spiro atoms. The number of thioether (sulfide) groups is 1. The number of ether oxygens (including phenoxy) is 2. The van der Waals surface area contributed by atoms with Crippen molar-refractivity contribution in [1.29, 1.82) is 0 Å². The average molecular weight is 435 g/mol. The molecule has 2 N–H and O–H groups in total. The van der Waals surface area contributed by atoms with Crippen molar-refractivity contribution in [2.45, 2.75) is 12.1 Å². The van der Waals surface area contributed by atoms with Gasteiger partial charge < -0.3 is 14.8 Å². The summed E-state index contributed by atoms with van der Waals surface area (Å²) in [5.41, 5.74) is 1.76. The maximum absolute atomic E-state index is 13.3. The first-order valence-electron chi connectivity index (χ1n) is 9.45. The third-order valence-corrected chi connectivity index (χ3v) is 5.60. The standard InChI is InChI=1S/C21H17N5O4S/c1-12-8-18(25-24-12)23-19(27)10-31-21-22-15-5-3-2-4-14(15)20(28)26(21)13-6-7-16-17(9-13)30-11-29-16/h2-9H,10-11H2,1H3,(H2,23,24,25,27). The molecule has 9 nitrogen and oxygen atoms in total. The molecule has 0 saturated heterocycles. The summed E-state index contributed by atoms with van der Waals surface area (Å²) < 4.78 is 12.3. The van der Waals surface area contributed by atoms with Gasteiger partial charge in [0.1, 0.15) is 0 Å². The number of carbonyl (C=O) groups is 1. The Morgan fingerprint density at radius 1 is 1.19 bits per heavy atom. The molecule has 1 amide bonds. The molecular weight excluding hydrogens is 418 g/mol. The molecule has 31 heavy (non-hydrogen) atoms. The smallest absolute Gasteiger partial charge is 0.266 e. The highest BCUT2D eigenvalue weighted by Gasteiger charge is 2.19. The summed E-state index contributed by atoms with van der Waals surface area (Å²) in [6, 6.07) is 14.1. The number of amides is 1. The van der Waals surface area contributed by atoms with Crippen molar-refractivity contribution in [3.05, 3.63) is 64.6 Å². The van der Waals surface area contributed by atoms with E-state index in [2.05, 4.69) is 20.5 Å². The summed E-state index contributed by atoms with van der Waals surface area (Å²) in [5, 5.41) is 10.4. The van der Waals surface area contributed by atoms with Crippen molar-refractivity contribution in [2.75, 3.05) is 17.9 Å². The number of aromatic nitrogens is 4. The highest BCUT2D eigenvalue weighted by atomic mass is 32.2. The molecule has 1 aliphatic heterocycles. The fourth-order valence-corrected chi connectivity index (χ4v) is 4.06. The van der Waals surface area contributed by atoms with Gasteiger partial charge in [0.25, 0.3) is 5.56 Å². The summed E-state index contributed by atoms with van der Waals surface area (Å²) in [6.45, 7) is 1.98. The van der Waals surface area contributed by atoms with Crippen molar-refractivity contribution in [3.8, 4) is 17.2 Å². The first kappa shape index (κ1) is 19.2. The van der Waals surface area contributed by atoms with Gasteiger partial charge in [0, 0.05) is 17.8 Å². The molecule has 0 atom stereocenters. The lowest BCUT2D eigenvalue weighted by atomic mass is 10.2. The van der Waals surface area contributed by atoms with E-state index in [9.17, 15) is 9.59 Å². The van der Waals surface area contributed by atoms with Crippen molar-refractivity contribution >= 4 is 34.4 Å². The Morgan fingerprint density at radius 3 is 2.87 bits per heavy atom. The van der Waals surface area contributed by atoms with E-state index >= 15 is 0 Å². The Kier molecular flexibility index (Phi) is 4.83. The van der Waals surface area contributed by atoms with Gasteiger partial charge in [0.05, 0.1) is 22.3 Å². The predicted octanol–water partition coefficient (Wildman–Crippen LogP) is 2.88. The number of aromatic amines is 1. The van der Waals surface area contributed by atoms with Crippen molar-refractivity contribution in [3.63, 3.8) is 0 Å². The molecule has 1 aliphatic rings. The Labute approximate surface area is 180 Å². The van der Waals surface area contributed by atoms with E-state index in [1.807, 2.05) is 13.0 Å². The second-order valence-corrected chi connectivity index (χ2v) is 7.81. The predicted molar refractivity (Wildman–Crippen MR) is 116 cm³/mol. The number of rotatable bonds is 5. The zero-order valence-corrected chi connectivity index (χ0v) is 17.2. The van der Waals surface area contributed by atoms with Crippen LogP contribution in [0.5, 0.6) is 11.5 Å². The van der Waals surface area contributed by atoms with Crippen LogP contribution in [0.3, 0.4) is 0 Å². The third kappa shape index (κ3) is 3.73. The Hall–Kier alpha value is -3.79. The summed E-state index contributed by atoms with van der Waals surface area (Å²) in [7, 11) is 0. The average Bonchev–Trinajstić information content (AvgIpc) is 3.40. The van der Waals surface area contributed by atoms with Crippen molar-refractivity contribution in [1.82, 2.24) is 19.7 Å². The maximum atomic E-state index is 13.3. The highest BCUT2D eigenvalue weighted by molar-refractivity contribution is 7.99. The quantitative estimate of drug-likeness (QED) is 0.366. The van der Waals surface area contributed by atoms with E-state index < -0.39 is 0 Å². The summed E-state index contributed by atoms with van der Waals surface area (Å²) in [4.78, 5) is 30.4. The van der Waals surface area contributed by atoms with Crippen LogP contribution in [0.25, 0.3) is 16.6 Å². The molecule has 3 heterocycles. The Balaban J connectivity index is 1.51.